The van der Waals surface area contributed by atoms with E-state index >= 15 is 0 Å². The number of nitrogens with zero attached hydrogens (tertiary/aromatic N) is 3. The van der Waals surface area contributed by atoms with Crippen molar-refractivity contribution in [3.63, 3.8) is 0 Å². The third kappa shape index (κ3) is 4.98. The molecule has 6 nitrogen and oxygen atoms in total. The number of carbonyl (C=O) groups excluding carboxylic acids is 2. The average molecular weight is 442 g/mol. The van der Waals surface area contributed by atoms with Crippen LogP contribution in [-0.4, -0.2) is 61.0 Å². The monoisotopic (exact) mass is 441 g/mol. The van der Waals surface area contributed by atoms with Gasteiger partial charge in [0.2, 0.25) is 0 Å². The fourth-order valence-electron chi connectivity index (χ4n) is 3.58. The van der Waals surface area contributed by atoms with E-state index in [1.807, 2.05) is 0 Å². The summed E-state index contributed by atoms with van der Waals surface area (Å²) in [4.78, 5) is 33.3. The molecule has 0 N–H and O–H groups in total. The van der Waals surface area contributed by atoms with Crippen molar-refractivity contribution in [3.05, 3.63) is 59.4 Å². The number of ether oxygens (including phenoxy) is 1. The summed E-state index contributed by atoms with van der Waals surface area (Å²) in [7, 11) is 0. The molecule has 2 heterocycles. The van der Waals surface area contributed by atoms with Gasteiger partial charge in [-0.15, -0.1) is 0 Å². The summed E-state index contributed by atoms with van der Waals surface area (Å²) >= 11 is 1.30. The Hall–Kier alpha value is -2.68. The van der Waals surface area contributed by atoms with Gasteiger partial charge in [0.1, 0.15) is 11.3 Å². The standard InChI is InChI=1S/C23H24FN3O3S/c1-16(28)17-6-8-18(9-7-17)22(29)27(11-3-10-26-12-14-30-15-13-26)23-25-21-19(24)4-2-5-20(21)31-23/h2,4-9H,3,10-15H2,1H3. The molecule has 0 saturated carbocycles. The van der Waals surface area contributed by atoms with Crippen LogP contribution in [0.4, 0.5) is 9.52 Å². The molecule has 4 rings (SSSR count). The molecule has 0 atom stereocenters. The maximum Gasteiger partial charge on any atom is 0.260 e. The van der Waals surface area contributed by atoms with Crippen LogP contribution >= 0.6 is 11.3 Å². The van der Waals surface area contributed by atoms with Gasteiger partial charge in [-0.3, -0.25) is 19.4 Å². The number of benzene rings is 2. The lowest BCUT2D eigenvalue weighted by Crippen LogP contribution is -2.39. The molecular weight excluding hydrogens is 417 g/mol. The number of para-hydroxylation sites is 1. The Balaban J connectivity index is 1.58. The van der Waals surface area contributed by atoms with E-state index in [4.69, 9.17) is 4.74 Å². The normalized spacial score (nSPS) is 14.6. The van der Waals surface area contributed by atoms with Crippen LogP contribution in [0.15, 0.2) is 42.5 Å². The Morgan fingerprint density at radius 1 is 1.13 bits per heavy atom. The van der Waals surface area contributed by atoms with Gasteiger partial charge in [0, 0.05) is 37.3 Å². The second-order valence-electron chi connectivity index (χ2n) is 7.48. The predicted octanol–water partition coefficient (Wildman–Crippen LogP) is 4.01. The molecule has 2 aromatic carbocycles. The van der Waals surface area contributed by atoms with Crippen molar-refractivity contribution in [2.45, 2.75) is 13.3 Å². The number of thiazole rings is 1. The molecule has 1 aromatic heterocycles. The average Bonchev–Trinajstić information content (AvgIpc) is 3.22. The van der Waals surface area contributed by atoms with Gasteiger partial charge in [0.15, 0.2) is 10.9 Å². The van der Waals surface area contributed by atoms with Gasteiger partial charge < -0.3 is 4.74 Å². The number of halogens is 1. The van der Waals surface area contributed by atoms with E-state index in [0.717, 1.165) is 39.3 Å². The summed E-state index contributed by atoms with van der Waals surface area (Å²) < 4.78 is 20.3. The fraction of sp³-hybridized carbons (Fsp3) is 0.348. The van der Waals surface area contributed by atoms with E-state index in [2.05, 4.69) is 9.88 Å². The molecule has 8 heteroatoms. The zero-order chi connectivity index (χ0) is 21.8. The highest BCUT2D eigenvalue weighted by Crippen LogP contribution is 2.31. The lowest BCUT2D eigenvalue weighted by atomic mass is 10.1. The second kappa shape index (κ2) is 9.64. The van der Waals surface area contributed by atoms with Crippen LogP contribution in [0.3, 0.4) is 0 Å². The largest absolute Gasteiger partial charge is 0.379 e. The number of rotatable bonds is 7. The van der Waals surface area contributed by atoms with Gasteiger partial charge in [-0.25, -0.2) is 9.37 Å². The lowest BCUT2D eigenvalue weighted by molar-refractivity contribution is 0.0376. The molecule has 1 amide bonds. The van der Waals surface area contributed by atoms with Crippen LogP contribution in [0.25, 0.3) is 10.2 Å². The lowest BCUT2D eigenvalue weighted by Gasteiger charge is -2.27. The summed E-state index contributed by atoms with van der Waals surface area (Å²) in [5.74, 6) is -0.661. The molecule has 31 heavy (non-hydrogen) atoms. The number of morpholine rings is 1. The number of hydrogen-bond acceptors (Lipinski definition) is 6. The van der Waals surface area contributed by atoms with Gasteiger partial charge in [-0.1, -0.05) is 29.5 Å². The fourth-order valence-corrected chi connectivity index (χ4v) is 4.59. The van der Waals surface area contributed by atoms with Crippen LogP contribution in [0, 0.1) is 5.82 Å². The molecule has 0 unspecified atom stereocenters. The van der Waals surface area contributed by atoms with Gasteiger partial charge in [0.05, 0.1) is 17.9 Å². The number of hydrogen-bond donors (Lipinski definition) is 0. The smallest absolute Gasteiger partial charge is 0.260 e. The first-order chi connectivity index (χ1) is 15.0. The summed E-state index contributed by atoms with van der Waals surface area (Å²) in [5, 5.41) is 0.475. The van der Waals surface area contributed by atoms with Crippen molar-refractivity contribution in [1.82, 2.24) is 9.88 Å². The third-order valence-electron chi connectivity index (χ3n) is 5.33. The third-order valence-corrected chi connectivity index (χ3v) is 6.38. The highest BCUT2D eigenvalue weighted by Gasteiger charge is 2.23. The van der Waals surface area contributed by atoms with E-state index in [1.54, 1.807) is 41.3 Å². The Morgan fingerprint density at radius 2 is 1.84 bits per heavy atom. The molecule has 1 aliphatic rings. The van der Waals surface area contributed by atoms with Crippen LogP contribution < -0.4 is 4.90 Å². The van der Waals surface area contributed by atoms with Crippen molar-refractivity contribution in [2.24, 2.45) is 0 Å². The molecule has 1 aliphatic heterocycles. The number of ketones is 1. The second-order valence-corrected chi connectivity index (χ2v) is 8.49. The van der Waals surface area contributed by atoms with Crippen molar-refractivity contribution in [1.29, 1.82) is 0 Å². The zero-order valence-electron chi connectivity index (χ0n) is 17.3. The zero-order valence-corrected chi connectivity index (χ0v) is 18.2. The van der Waals surface area contributed by atoms with Crippen molar-refractivity contribution >= 4 is 38.4 Å². The van der Waals surface area contributed by atoms with E-state index in [0.29, 0.717) is 27.5 Å². The Morgan fingerprint density at radius 3 is 2.52 bits per heavy atom. The first kappa shape index (κ1) is 21.5. The van der Waals surface area contributed by atoms with Crippen molar-refractivity contribution < 1.29 is 18.7 Å². The highest BCUT2D eigenvalue weighted by atomic mass is 32.1. The Bertz CT molecular complexity index is 1080. The maximum atomic E-state index is 14.2. The molecule has 1 fully saturated rings. The van der Waals surface area contributed by atoms with Crippen LogP contribution in [0.1, 0.15) is 34.1 Å². The van der Waals surface area contributed by atoms with Crippen LogP contribution in [0.5, 0.6) is 0 Å². The van der Waals surface area contributed by atoms with E-state index < -0.39 is 5.82 Å². The van der Waals surface area contributed by atoms with Gasteiger partial charge >= 0.3 is 0 Å². The topological polar surface area (TPSA) is 62.7 Å². The van der Waals surface area contributed by atoms with Gasteiger partial charge in [-0.05, 0) is 37.6 Å². The molecule has 0 aliphatic carbocycles. The molecular formula is C23H24FN3O3S. The van der Waals surface area contributed by atoms with E-state index in [1.165, 1.54) is 24.3 Å². The minimum atomic E-state index is -0.397. The molecule has 0 spiro atoms. The summed E-state index contributed by atoms with van der Waals surface area (Å²) in [5.41, 5.74) is 1.30. The molecule has 0 radical (unpaired) electrons. The number of amides is 1. The number of fused-ring (bicyclic) bond motifs is 1. The van der Waals surface area contributed by atoms with E-state index in [-0.39, 0.29) is 17.2 Å². The number of carbonyl (C=O) groups is 2. The first-order valence-corrected chi connectivity index (χ1v) is 11.1. The molecule has 1 saturated heterocycles. The predicted molar refractivity (Wildman–Crippen MR) is 120 cm³/mol. The maximum absolute atomic E-state index is 14.2. The quantitative estimate of drug-likeness (QED) is 0.519. The van der Waals surface area contributed by atoms with Gasteiger partial charge in [0.25, 0.3) is 5.91 Å². The summed E-state index contributed by atoms with van der Waals surface area (Å²) in [6.07, 6.45) is 0.760. The first-order valence-electron chi connectivity index (χ1n) is 10.3. The Labute approximate surface area is 184 Å². The minimum absolute atomic E-state index is 0.0528. The van der Waals surface area contributed by atoms with Crippen LogP contribution in [-0.2, 0) is 4.74 Å². The highest BCUT2D eigenvalue weighted by molar-refractivity contribution is 7.22. The summed E-state index contributed by atoms with van der Waals surface area (Å²) in [6.45, 7) is 6.01. The van der Waals surface area contributed by atoms with Crippen LogP contribution in [0.2, 0.25) is 0 Å². The van der Waals surface area contributed by atoms with Crippen molar-refractivity contribution in [2.75, 3.05) is 44.3 Å². The van der Waals surface area contributed by atoms with Crippen molar-refractivity contribution in [3.8, 4) is 0 Å². The molecule has 3 aromatic rings. The SMILES string of the molecule is CC(=O)c1ccc(C(=O)N(CCCN2CCOCC2)c2nc3c(F)cccc3s2)cc1. The number of aromatic nitrogens is 1. The molecule has 162 valence electrons. The van der Waals surface area contributed by atoms with E-state index in [9.17, 15) is 14.0 Å². The van der Waals surface area contributed by atoms with Gasteiger partial charge in [-0.2, -0.15) is 0 Å². The minimum Gasteiger partial charge on any atom is -0.379 e. The number of Topliss-reactive ketones (excluding diaryl/α,β-unsaturated/α-hetero) is 1. The summed E-state index contributed by atoms with van der Waals surface area (Å²) in [6, 6.07) is 11.4. The molecule has 0 bridgehead atoms. The number of anilines is 1. The Kier molecular flexibility index (Phi) is 6.70.